The molecule has 0 bridgehead atoms. The minimum Gasteiger partial charge on any atom is -0.497 e. The summed E-state index contributed by atoms with van der Waals surface area (Å²) < 4.78 is 105. The Morgan fingerprint density at radius 2 is 1.74 bits per heavy atom. The van der Waals surface area contributed by atoms with Crippen molar-refractivity contribution in [1.82, 2.24) is 24.8 Å². The highest BCUT2D eigenvalue weighted by Gasteiger charge is 2.63. The van der Waals surface area contributed by atoms with Crippen molar-refractivity contribution in [2.75, 3.05) is 20.8 Å². The second kappa shape index (κ2) is 17.6. The summed E-state index contributed by atoms with van der Waals surface area (Å²) in [7, 11) is -1.28. The molecule has 15 nitrogen and oxygen atoms in total. The zero-order valence-corrected chi connectivity index (χ0v) is 37.6. The first kappa shape index (κ1) is 47.3. The van der Waals surface area contributed by atoms with Crippen molar-refractivity contribution in [3.05, 3.63) is 60.4 Å². The van der Waals surface area contributed by atoms with Crippen LogP contribution in [0.5, 0.6) is 17.4 Å². The number of fused-ring (bicyclic) bond motifs is 3. The van der Waals surface area contributed by atoms with Crippen molar-refractivity contribution in [1.29, 1.82) is 0 Å². The number of hydrogen-bond donors (Lipinski definition) is 3. The molecule has 7 rings (SSSR count). The maximum absolute atomic E-state index is 15.2. The number of alkyl halides is 3. The van der Waals surface area contributed by atoms with E-state index in [-0.39, 0.29) is 47.4 Å². The quantitative estimate of drug-likeness (QED) is 0.147. The molecule has 2 aliphatic carbocycles. The number of pyridine rings is 1. The fraction of sp³-hybridized carbons (Fsp3) is 0.533. The number of carbonyl (C=O) groups is 4. The van der Waals surface area contributed by atoms with Gasteiger partial charge < -0.3 is 29.5 Å². The van der Waals surface area contributed by atoms with Crippen molar-refractivity contribution in [2.45, 2.75) is 113 Å². The normalized spacial score (nSPS) is 27.0. The van der Waals surface area contributed by atoms with Gasteiger partial charge in [0.1, 0.15) is 35.0 Å². The van der Waals surface area contributed by atoms with Gasteiger partial charge in [-0.25, -0.2) is 22.6 Å². The number of halogens is 4. The second-order valence-corrected chi connectivity index (χ2v) is 20.1. The maximum Gasteiger partial charge on any atom is 0.411 e. The fourth-order valence-electron chi connectivity index (χ4n) is 9.04. The lowest BCUT2D eigenvalue weighted by atomic mass is 9.85. The third-order valence-electron chi connectivity index (χ3n) is 13.1. The van der Waals surface area contributed by atoms with Gasteiger partial charge in [0.05, 0.1) is 31.7 Å². The number of nitrogens with zero attached hydrogens (tertiary/aromatic N) is 3. The van der Waals surface area contributed by atoms with Crippen molar-refractivity contribution in [3.63, 3.8) is 0 Å². The summed E-state index contributed by atoms with van der Waals surface area (Å²) in [6.45, 7) is 4.22. The Hall–Kier alpha value is -5.66. The molecule has 352 valence electrons. The number of methoxy groups -OCH3 is 2. The van der Waals surface area contributed by atoms with Gasteiger partial charge in [0, 0.05) is 23.3 Å². The summed E-state index contributed by atoms with van der Waals surface area (Å²) >= 11 is 0. The van der Waals surface area contributed by atoms with Crippen molar-refractivity contribution >= 4 is 44.6 Å². The monoisotopic (exact) mass is 931 g/mol. The zero-order chi connectivity index (χ0) is 47.4. The molecule has 20 heteroatoms. The smallest absolute Gasteiger partial charge is 0.411 e. The number of allylic oxidation sites excluding steroid dienone is 1. The number of ether oxygens (including phenoxy) is 3. The van der Waals surface area contributed by atoms with E-state index in [2.05, 4.69) is 10.0 Å². The molecule has 2 aliphatic heterocycles. The number of carboxylic acid groups (broad SMARTS) is 1. The molecular weight excluding hydrogens is 879 g/mol. The molecule has 0 radical (unpaired) electrons. The zero-order valence-electron chi connectivity index (χ0n) is 36.8. The van der Waals surface area contributed by atoms with Gasteiger partial charge in [-0.2, -0.15) is 13.2 Å². The number of rotatable bonds is 10. The van der Waals surface area contributed by atoms with Crippen LogP contribution in [0.2, 0.25) is 0 Å². The van der Waals surface area contributed by atoms with Gasteiger partial charge in [-0.15, -0.1) is 0 Å². The Morgan fingerprint density at radius 3 is 2.37 bits per heavy atom. The summed E-state index contributed by atoms with van der Waals surface area (Å²) in [5, 5.41) is 13.5. The molecule has 3 N–H and O–H groups in total. The first-order valence-electron chi connectivity index (χ1n) is 21.4. The van der Waals surface area contributed by atoms with Crippen molar-refractivity contribution in [3.8, 4) is 28.6 Å². The third-order valence-corrected chi connectivity index (χ3v) is 14.9. The van der Waals surface area contributed by atoms with E-state index < -0.39 is 98.7 Å². The van der Waals surface area contributed by atoms with Crippen molar-refractivity contribution < 1.29 is 64.5 Å². The molecule has 1 saturated heterocycles. The van der Waals surface area contributed by atoms with Crippen molar-refractivity contribution in [2.24, 2.45) is 17.8 Å². The molecule has 4 amide bonds. The average molecular weight is 932 g/mol. The Labute approximate surface area is 373 Å². The van der Waals surface area contributed by atoms with Crippen LogP contribution in [0.25, 0.3) is 22.0 Å². The first-order chi connectivity index (χ1) is 30.5. The molecule has 7 atom stereocenters. The van der Waals surface area contributed by atoms with Gasteiger partial charge in [-0.3, -0.25) is 24.0 Å². The average Bonchev–Trinajstić information content (AvgIpc) is 4.16. The van der Waals surface area contributed by atoms with E-state index in [1.165, 1.54) is 33.3 Å². The minimum absolute atomic E-state index is 0.00983. The van der Waals surface area contributed by atoms with Gasteiger partial charge in [0.15, 0.2) is 11.6 Å². The Morgan fingerprint density at radius 1 is 1.02 bits per heavy atom. The molecular formula is C45H53F4N5O10S. The lowest BCUT2D eigenvalue weighted by Gasteiger charge is -2.45. The Bertz CT molecular complexity index is 2520. The number of amides is 4. The van der Waals surface area contributed by atoms with Crippen LogP contribution in [0.15, 0.2) is 54.6 Å². The number of aromatic nitrogens is 1. The summed E-state index contributed by atoms with van der Waals surface area (Å²) in [6.07, 6.45) is -3.30. The number of nitrogens with one attached hydrogen (secondary N) is 2. The molecule has 0 spiro atoms. The number of benzene rings is 2. The van der Waals surface area contributed by atoms with E-state index in [0.29, 0.717) is 61.6 Å². The molecule has 1 aromatic heterocycles. The highest BCUT2D eigenvalue weighted by atomic mass is 32.2. The Kier molecular flexibility index (Phi) is 12.8. The van der Waals surface area contributed by atoms with Crippen LogP contribution in [-0.2, 0) is 24.4 Å². The summed E-state index contributed by atoms with van der Waals surface area (Å²) in [5.41, 5.74) is -4.26. The highest BCUT2D eigenvalue weighted by molar-refractivity contribution is 7.91. The lowest BCUT2D eigenvalue weighted by molar-refractivity contribution is -0.222. The van der Waals surface area contributed by atoms with Gasteiger partial charge in [-0.05, 0) is 112 Å². The summed E-state index contributed by atoms with van der Waals surface area (Å²) in [6, 6.07) is 7.35. The molecule has 2 saturated carbocycles. The summed E-state index contributed by atoms with van der Waals surface area (Å²) in [4.78, 5) is 62.7. The predicted molar refractivity (Wildman–Crippen MR) is 229 cm³/mol. The number of sulfonamides is 1. The molecule has 2 aromatic carbocycles. The summed E-state index contributed by atoms with van der Waals surface area (Å²) in [5.74, 6) is -5.12. The molecule has 3 fully saturated rings. The van der Waals surface area contributed by atoms with Crippen LogP contribution < -0.4 is 24.2 Å². The molecule has 65 heavy (non-hydrogen) atoms. The van der Waals surface area contributed by atoms with Crippen LogP contribution in [-0.4, -0.2) is 114 Å². The van der Waals surface area contributed by atoms with Crippen LogP contribution in [0.3, 0.4) is 0 Å². The van der Waals surface area contributed by atoms with E-state index in [0.717, 1.165) is 4.90 Å². The van der Waals surface area contributed by atoms with E-state index in [9.17, 15) is 45.5 Å². The van der Waals surface area contributed by atoms with E-state index in [1.807, 2.05) is 6.92 Å². The number of hydrogen-bond acceptors (Lipinski definition) is 10. The first-order valence-corrected chi connectivity index (χ1v) is 23.0. The standard InChI is InChI=1S/C45H53F4N5O10S/c1-24-9-7-8-10-28-22-44(28,41(57)52-65(60,61)31-13-14-31)51-38(55)35-21-30(23-53(35)40(56)37(25(2)17-24)54(42(58)59)43(3,4)45(47,48)49)64-39-32-15-12-29(62-5)18-27(32)20-34(50-39)26-11-16-36(63-6)33(46)19-26/h8,10-12,15-16,18-20,24-25,28,30-31,35,37H,7,9,13-14,17,21-23H2,1-6H3,(H,51,55)(H,52,57)(H,58,59)/b10-8-/t24-,25-,28-,30-,35+,37+,44-/m1/s1. The van der Waals surface area contributed by atoms with Gasteiger partial charge in [0.25, 0.3) is 5.91 Å². The predicted octanol–water partition coefficient (Wildman–Crippen LogP) is 6.59. The number of carbonyl (C=O) groups excluding carboxylic acids is 3. The van der Waals surface area contributed by atoms with Crippen LogP contribution in [0, 0.1) is 23.6 Å². The second-order valence-electron chi connectivity index (χ2n) is 18.2. The van der Waals surface area contributed by atoms with E-state index in [1.54, 1.807) is 42.5 Å². The van der Waals surface area contributed by atoms with E-state index in [4.69, 9.17) is 19.2 Å². The highest BCUT2D eigenvalue weighted by Crippen LogP contribution is 2.47. The Balaban J connectivity index is 1.32. The van der Waals surface area contributed by atoms with E-state index >= 15 is 4.79 Å². The topological polar surface area (TPSA) is 194 Å². The molecule has 3 aromatic rings. The van der Waals surface area contributed by atoms with Gasteiger partial charge in [0.2, 0.25) is 27.7 Å². The van der Waals surface area contributed by atoms with Crippen LogP contribution >= 0.6 is 0 Å². The maximum atomic E-state index is 15.2. The molecule has 4 aliphatic rings. The van der Waals surface area contributed by atoms with Crippen LogP contribution in [0.4, 0.5) is 22.4 Å². The van der Waals surface area contributed by atoms with Gasteiger partial charge in [-0.1, -0.05) is 26.0 Å². The van der Waals surface area contributed by atoms with Gasteiger partial charge >= 0.3 is 12.3 Å². The fourth-order valence-corrected chi connectivity index (χ4v) is 10.4. The molecule has 0 unspecified atom stereocenters. The largest absolute Gasteiger partial charge is 0.497 e. The molecule has 3 heterocycles. The third kappa shape index (κ3) is 9.40. The van der Waals surface area contributed by atoms with Crippen LogP contribution in [0.1, 0.15) is 72.6 Å². The minimum atomic E-state index is -5.14. The lowest BCUT2D eigenvalue weighted by Crippen LogP contribution is -2.66. The SMILES string of the molecule is COc1ccc2c(O[C@@H]3C[C@H]4C(=O)N[C@]5(C(=O)NS(=O)(=O)C6CC6)C[C@H]5/C=C\CC[C@@H](C)C[C@@H](C)[C@H](N(C(=O)O)C(C)(C)C(F)(F)F)C(=O)N4C3)nc(-c3ccc(OC)c(F)c3)cc2c1.